The van der Waals surface area contributed by atoms with Crippen molar-refractivity contribution in [3.8, 4) is 0 Å². The predicted molar refractivity (Wildman–Crippen MR) is 71.2 cm³/mol. The Hall–Kier alpha value is -1.81. The first-order valence-electron chi connectivity index (χ1n) is 5.30. The molecule has 0 aliphatic carbocycles. The molecule has 2 heterocycles. The van der Waals surface area contributed by atoms with Gasteiger partial charge in [-0.3, -0.25) is 10.1 Å². The van der Waals surface area contributed by atoms with Crippen molar-refractivity contribution in [3.05, 3.63) is 21.6 Å². The highest BCUT2D eigenvalue weighted by molar-refractivity contribution is 8.01. The molecule has 2 N–H and O–H groups in total. The summed E-state index contributed by atoms with van der Waals surface area (Å²) in [5.41, 5.74) is 5.61. The summed E-state index contributed by atoms with van der Waals surface area (Å²) in [4.78, 5) is 22.5. The monoisotopic (exact) mass is 298 g/mol. The van der Waals surface area contributed by atoms with Gasteiger partial charge in [0.05, 0.1) is 4.92 Å². The number of hydrogen-bond acceptors (Lipinski definition) is 9. The van der Waals surface area contributed by atoms with Crippen LogP contribution < -0.4 is 5.73 Å². The highest BCUT2D eigenvalue weighted by atomic mass is 32.2. The van der Waals surface area contributed by atoms with Gasteiger partial charge in [0.25, 0.3) is 0 Å². The van der Waals surface area contributed by atoms with Crippen LogP contribution in [0.1, 0.15) is 18.4 Å². The number of rotatable bonds is 4. The van der Waals surface area contributed by atoms with E-state index in [1.807, 2.05) is 6.92 Å². The topological polar surface area (TPSA) is 121 Å². The Kier molecular flexibility index (Phi) is 3.90. The second kappa shape index (κ2) is 5.45. The lowest BCUT2D eigenvalue weighted by Crippen LogP contribution is -2.03. The summed E-state index contributed by atoms with van der Waals surface area (Å²) in [6.07, 6.45) is 0.712. The number of hydrogen-bond donors (Lipinski definition) is 1. The summed E-state index contributed by atoms with van der Waals surface area (Å²) in [5, 5.41) is 11.2. The van der Waals surface area contributed by atoms with Crippen LogP contribution in [0.5, 0.6) is 0 Å². The van der Waals surface area contributed by atoms with Gasteiger partial charge < -0.3 is 5.73 Å². The molecule has 0 saturated heterocycles. The first-order valence-corrected chi connectivity index (χ1v) is 6.89. The summed E-state index contributed by atoms with van der Waals surface area (Å²) < 4.78 is 4.71. The maximum Gasteiger partial charge on any atom is 0.322 e. The summed E-state index contributed by atoms with van der Waals surface area (Å²) in [6.45, 7) is 3.46. The number of nitrogens with two attached hydrogens (primary N) is 1. The lowest BCUT2D eigenvalue weighted by Gasteiger charge is -2.02. The van der Waals surface area contributed by atoms with E-state index in [1.54, 1.807) is 0 Å². The molecule has 0 amide bonds. The molecule has 0 spiro atoms. The van der Waals surface area contributed by atoms with Crippen molar-refractivity contribution in [1.82, 2.24) is 19.3 Å². The molecule has 0 saturated carbocycles. The van der Waals surface area contributed by atoms with E-state index >= 15 is 0 Å². The lowest BCUT2D eigenvalue weighted by atomic mass is 10.4. The zero-order chi connectivity index (χ0) is 14.0. The van der Waals surface area contributed by atoms with Gasteiger partial charge in [0.15, 0.2) is 9.37 Å². The Morgan fingerprint density at radius 2 is 2.16 bits per heavy atom. The Balaban J connectivity index is 2.40. The maximum atomic E-state index is 11.0. The smallest absolute Gasteiger partial charge is 0.322 e. The van der Waals surface area contributed by atoms with Crippen LogP contribution in [0.2, 0.25) is 0 Å². The molecule has 8 nitrogen and oxygen atoms in total. The number of aromatic nitrogens is 4. The van der Waals surface area contributed by atoms with Crippen LogP contribution in [0, 0.1) is 17.0 Å². The van der Waals surface area contributed by atoms with E-state index in [0.29, 0.717) is 16.6 Å². The second-order valence-electron chi connectivity index (χ2n) is 3.51. The molecule has 100 valence electrons. The SMILES string of the molecule is CCc1nsc(Sc2nc(N)nc(C)c2[N+](=O)[O-])n1. The minimum absolute atomic E-state index is 0.00540. The van der Waals surface area contributed by atoms with Crippen LogP contribution in [-0.2, 0) is 6.42 Å². The van der Waals surface area contributed by atoms with Gasteiger partial charge in [-0.2, -0.15) is 9.36 Å². The number of nitrogen functional groups attached to an aromatic ring is 1. The van der Waals surface area contributed by atoms with Gasteiger partial charge in [0.1, 0.15) is 11.5 Å². The average molecular weight is 298 g/mol. The van der Waals surface area contributed by atoms with Crippen LogP contribution in [0.3, 0.4) is 0 Å². The van der Waals surface area contributed by atoms with Gasteiger partial charge in [0, 0.05) is 6.42 Å². The predicted octanol–water partition coefficient (Wildman–Crippen LogP) is 1.84. The molecule has 0 aliphatic heterocycles. The fourth-order valence-corrected chi connectivity index (χ4v) is 3.12. The van der Waals surface area contributed by atoms with Crippen LogP contribution in [0.4, 0.5) is 11.6 Å². The Bertz CT molecular complexity index is 629. The highest BCUT2D eigenvalue weighted by Crippen LogP contribution is 2.35. The molecule has 0 aromatic carbocycles. The van der Waals surface area contributed by atoms with Gasteiger partial charge in [-0.05, 0) is 30.2 Å². The summed E-state index contributed by atoms with van der Waals surface area (Å²) in [6, 6.07) is 0. The zero-order valence-electron chi connectivity index (χ0n) is 10.2. The first kappa shape index (κ1) is 13.6. The largest absolute Gasteiger partial charge is 0.368 e. The molecular weight excluding hydrogens is 288 g/mol. The molecule has 2 aromatic rings. The third-order valence-electron chi connectivity index (χ3n) is 2.18. The van der Waals surface area contributed by atoms with Gasteiger partial charge in [-0.25, -0.2) is 9.97 Å². The highest BCUT2D eigenvalue weighted by Gasteiger charge is 2.23. The fourth-order valence-electron chi connectivity index (χ4n) is 1.35. The number of aryl methyl sites for hydroxylation is 2. The van der Waals surface area contributed by atoms with Crippen molar-refractivity contribution in [1.29, 1.82) is 0 Å². The van der Waals surface area contributed by atoms with Crippen molar-refractivity contribution >= 4 is 34.9 Å². The minimum atomic E-state index is -0.515. The summed E-state index contributed by atoms with van der Waals surface area (Å²) in [5.74, 6) is 0.708. The number of nitrogens with zero attached hydrogens (tertiary/aromatic N) is 5. The number of anilines is 1. The lowest BCUT2D eigenvalue weighted by molar-refractivity contribution is -0.389. The van der Waals surface area contributed by atoms with E-state index in [2.05, 4.69) is 19.3 Å². The molecule has 19 heavy (non-hydrogen) atoms. The molecule has 0 bridgehead atoms. The third-order valence-corrected chi connectivity index (χ3v) is 3.94. The third kappa shape index (κ3) is 2.96. The van der Waals surface area contributed by atoms with Gasteiger partial charge in [-0.1, -0.05) is 6.92 Å². The van der Waals surface area contributed by atoms with Crippen molar-refractivity contribution in [2.75, 3.05) is 5.73 Å². The molecule has 0 atom stereocenters. The summed E-state index contributed by atoms with van der Waals surface area (Å²) in [7, 11) is 0. The van der Waals surface area contributed by atoms with E-state index in [-0.39, 0.29) is 22.4 Å². The van der Waals surface area contributed by atoms with E-state index in [4.69, 9.17) is 5.73 Å². The minimum Gasteiger partial charge on any atom is -0.368 e. The Morgan fingerprint density at radius 1 is 1.42 bits per heavy atom. The van der Waals surface area contributed by atoms with Gasteiger partial charge in [-0.15, -0.1) is 0 Å². The average Bonchev–Trinajstić information content (AvgIpc) is 2.75. The first-order chi connectivity index (χ1) is 9.01. The van der Waals surface area contributed by atoms with Gasteiger partial charge in [0.2, 0.25) is 5.95 Å². The standard InChI is InChI=1S/C9H10N6O2S2/c1-3-5-12-9(19-14-5)18-7-6(15(16)17)4(2)11-8(10)13-7/h3H2,1-2H3,(H2,10,11,13). The van der Waals surface area contributed by atoms with Crippen LogP contribution >= 0.6 is 23.3 Å². The van der Waals surface area contributed by atoms with Crippen LogP contribution in [0.15, 0.2) is 9.37 Å². The second-order valence-corrected chi connectivity index (χ2v) is 5.50. The zero-order valence-corrected chi connectivity index (χ0v) is 11.8. The Morgan fingerprint density at radius 3 is 2.74 bits per heavy atom. The quantitative estimate of drug-likeness (QED) is 0.515. The van der Waals surface area contributed by atoms with Gasteiger partial charge >= 0.3 is 5.69 Å². The summed E-state index contributed by atoms with van der Waals surface area (Å²) >= 11 is 2.26. The normalized spacial score (nSPS) is 10.6. The van der Waals surface area contributed by atoms with Crippen molar-refractivity contribution in [2.45, 2.75) is 29.6 Å². The Labute approximate surface area is 116 Å². The molecule has 2 rings (SSSR count). The maximum absolute atomic E-state index is 11.0. The number of nitro groups is 1. The molecule has 0 fully saturated rings. The molecule has 0 radical (unpaired) electrons. The fraction of sp³-hybridized carbons (Fsp3) is 0.333. The van der Waals surface area contributed by atoms with E-state index in [1.165, 1.54) is 18.5 Å². The van der Waals surface area contributed by atoms with Crippen LogP contribution in [-0.4, -0.2) is 24.2 Å². The van der Waals surface area contributed by atoms with Crippen molar-refractivity contribution in [3.63, 3.8) is 0 Å². The van der Waals surface area contributed by atoms with Crippen molar-refractivity contribution in [2.24, 2.45) is 0 Å². The molecule has 0 unspecified atom stereocenters. The molecule has 2 aromatic heterocycles. The van der Waals surface area contributed by atoms with Crippen molar-refractivity contribution < 1.29 is 4.92 Å². The van der Waals surface area contributed by atoms with E-state index in [9.17, 15) is 10.1 Å². The van der Waals surface area contributed by atoms with Crippen LogP contribution in [0.25, 0.3) is 0 Å². The molecule has 0 aliphatic rings. The van der Waals surface area contributed by atoms with E-state index < -0.39 is 4.92 Å². The molecule has 10 heteroatoms. The van der Waals surface area contributed by atoms with E-state index in [0.717, 1.165) is 11.8 Å². The molecular formula is C9H10N6O2S2.